The van der Waals surface area contributed by atoms with Crippen molar-refractivity contribution in [3.63, 3.8) is 0 Å². The van der Waals surface area contributed by atoms with E-state index in [9.17, 15) is 14.7 Å². The zero-order valence-electron chi connectivity index (χ0n) is 18.3. The molecule has 0 unspecified atom stereocenters. The van der Waals surface area contributed by atoms with Crippen molar-refractivity contribution >= 4 is 23.3 Å². The van der Waals surface area contributed by atoms with Crippen LogP contribution in [0.15, 0.2) is 48.5 Å². The highest BCUT2D eigenvalue weighted by Gasteiger charge is 2.46. The summed E-state index contributed by atoms with van der Waals surface area (Å²) in [5.74, 6) is 1.30. The topological polar surface area (TPSA) is 109 Å². The minimum absolute atomic E-state index is 0.0193. The number of hydrogen-bond donors (Lipinski definition) is 4. The molecule has 5 rings (SSSR count). The quantitative estimate of drug-likeness (QED) is 0.517. The molecule has 4 N–H and O–H groups in total. The summed E-state index contributed by atoms with van der Waals surface area (Å²) in [6, 6.07) is 14.4. The molecule has 174 valence electrons. The third-order valence-corrected chi connectivity index (χ3v) is 6.49. The third kappa shape index (κ3) is 5.12. The molecule has 3 amide bonds. The number of nitrogens with one attached hydrogen (secondary N) is 3. The Balaban J connectivity index is 1.25. The summed E-state index contributed by atoms with van der Waals surface area (Å²) < 4.78 is 12.1. The Morgan fingerprint density at radius 1 is 1.03 bits per heavy atom. The molecule has 3 aliphatic rings. The van der Waals surface area contributed by atoms with Crippen LogP contribution < -0.4 is 20.7 Å². The standard InChI is InChI=1S/C25H29N3O5/c29-14-22-24-20(11-18(32-22)12-23(30)26-13-15-6-7-15)19-10-17(8-9-21(19)33-24)28-25(31)27-16-4-2-1-3-5-16/h1-5,8-10,15,18,20,22,24,29H,6-7,11-14H2,(H,26,30)(H2,27,28,31)/t18-,20+,22+,24-/m0/s1. The second-order valence-corrected chi connectivity index (χ2v) is 9.05. The fraction of sp³-hybridized carbons (Fsp3) is 0.440. The van der Waals surface area contributed by atoms with Crippen molar-refractivity contribution < 1.29 is 24.2 Å². The molecule has 2 heterocycles. The molecule has 1 saturated carbocycles. The lowest BCUT2D eigenvalue weighted by atomic mass is 9.84. The number of benzene rings is 2. The van der Waals surface area contributed by atoms with Gasteiger partial charge in [0, 0.05) is 29.4 Å². The Morgan fingerprint density at radius 2 is 1.82 bits per heavy atom. The second-order valence-electron chi connectivity index (χ2n) is 9.05. The lowest BCUT2D eigenvalue weighted by Gasteiger charge is -2.37. The molecule has 2 aliphatic heterocycles. The average Bonchev–Trinajstić information content (AvgIpc) is 3.58. The summed E-state index contributed by atoms with van der Waals surface area (Å²) in [5, 5.41) is 18.6. The normalized spacial score (nSPS) is 25.4. The first kappa shape index (κ1) is 21.7. The molecule has 33 heavy (non-hydrogen) atoms. The molecule has 0 aromatic heterocycles. The summed E-state index contributed by atoms with van der Waals surface area (Å²) in [7, 11) is 0. The summed E-state index contributed by atoms with van der Waals surface area (Å²) >= 11 is 0. The molecule has 2 aromatic carbocycles. The fourth-order valence-corrected chi connectivity index (χ4v) is 4.64. The monoisotopic (exact) mass is 451 g/mol. The van der Waals surface area contributed by atoms with Crippen LogP contribution in [-0.2, 0) is 9.53 Å². The van der Waals surface area contributed by atoms with E-state index >= 15 is 0 Å². The minimum atomic E-state index is -0.504. The lowest BCUT2D eigenvalue weighted by Crippen LogP contribution is -2.47. The number of hydrogen-bond acceptors (Lipinski definition) is 5. The number of aliphatic hydroxyl groups excluding tert-OH is 1. The average molecular weight is 452 g/mol. The van der Waals surface area contributed by atoms with Crippen molar-refractivity contribution in [2.24, 2.45) is 5.92 Å². The molecule has 0 bridgehead atoms. The largest absolute Gasteiger partial charge is 0.487 e. The number of anilines is 2. The summed E-state index contributed by atoms with van der Waals surface area (Å²) in [5.41, 5.74) is 2.32. The first-order valence-corrected chi connectivity index (χ1v) is 11.6. The van der Waals surface area contributed by atoms with Crippen LogP contribution in [0.1, 0.15) is 37.2 Å². The zero-order valence-corrected chi connectivity index (χ0v) is 18.3. The summed E-state index contributed by atoms with van der Waals surface area (Å²) in [6.45, 7) is 0.549. The van der Waals surface area contributed by atoms with Gasteiger partial charge >= 0.3 is 6.03 Å². The number of para-hydroxylation sites is 1. The van der Waals surface area contributed by atoms with Gasteiger partial charge in [0.1, 0.15) is 18.0 Å². The molecular weight excluding hydrogens is 422 g/mol. The Kier molecular flexibility index (Phi) is 6.20. The van der Waals surface area contributed by atoms with Gasteiger partial charge in [0.25, 0.3) is 0 Å². The summed E-state index contributed by atoms with van der Waals surface area (Å²) in [6.07, 6.45) is 2.13. The minimum Gasteiger partial charge on any atom is -0.487 e. The molecule has 4 atom stereocenters. The molecule has 0 radical (unpaired) electrons. The van der Waals surface area contributed by atoms with E-state index < -0.39 is 6.10 Å². The Hall–Kier alpha value is -3.10. The summed E-state index contributed by atoms with van der Waals surface area (Å²) in [4.78, 5) is 24.8. The van der Waals surface area contributed by atoms with Crippen LogP contribution in [-0.4, -0.2) is 48.5 Å². The molecule has 0 spiro atoms. The van der Waals surface area contributed by atoms with E-state index in [2.05, 4.69) is 16.0 Å². The van der Waals surface area contributed by atoms with Crippen LogP contribution in [0.2, 0.25) is 0 Å². The first-order chi connectivity index (χ1) is 16.1. The molecule has 2 fully saturated rings. The van der Waals surface area contributed by atoms with Gasteiger partial charge < -0.3 is 30.5 Å². The van der Waals surface area contributed by atoms with Crippen LogP contribution in [0.25, 0.3) is 0 Å². The van der Waals surface area contributed by atoms with E-state index in [0.29, 0.717) is 23.7 Å². The van der Waals surface area contributed by atoms with E-state index in [0.717, 1.165) is 17.9 Å². The van der Waals surface area contributed by atoms with Gasteiger partial charge in [-0.1, -0.05) is 18.2 Å². The molecule has 8 nitrogen and oxygen atoms in total. The Bertz CT molecular complexity index is 1010. The van der Waals surface area contributed by atoms with Gasteiger partial charge in [0.2, 0.25) is 5.91 Å². The van der Waals surface area contributed by atoms with Crippen molar-refractivity contribution in [3.8, 4) is 5.75 Å². The van der Waals surface area contributed by atoms with Crippen LogP contribution in [0.4, 0.5) is 16.2 Å². The number of amides is 3. The molecular formula is C25H29N3O5. The van der Waals surface area contributed by atoms with Gasteiger partial charge in [-0.3, -0.25) is 4.79 Å². The van der Waals surface area contributed by atoms with Gasteiger partial charge in [-0.15, -0.1) is 0 Å². The lowest BCUT2D eigenvalue weighted by molar-refractivity contribution is -0.142. The molecule has 1 saturated heterocycles. The van der Waals surface area contributed by atoms with Crippen molar-refractivity contribution in [2.45, 2.75) is 49.9 Å². The number of carbonyl (C=O) groups excluding carboxylic acids is 2. The SMILES string of the molecule is O=C(C[C@@H]1C[C@@H]2c3cc(NC(=O)Nc4ccccc4)ccc3O[C@@H]2[C@@H](CO)O1)NCC1CC1. The van der Waals surface area contributed by atoms with Gasteiger partial charge in [0.05, 0.1) is 19.1 Å². The third-order valence-electron chi connectivity index (χ3n) is 6.49. The number of rotatable bonds is 7. The maximum atomic E-state index is 12.4. The number of urea groups is 1. The van der Waals surface area contributed by atoms with Crippen molar-refractivity contribution in [3.05, 3.63) is 54.1 Å². The second kappa shape index (κ2) is 9.41. The van der Waals surface area contributed by atoms with Gasteiger partial charge in [-0.2, -0.15) is 0 Å². The maximum absolute atomic E-state index is 12.4. The van der Waals surface area contributed by atoms with E-state index in [-0.39, 0.29) is 43.1 Å². The molecule has 2 aromatic rings. The van der Waals surface area contributed by atoms with Crippen molar-refractivity contribution in [1.82, 2.24) is 5.32 Å². The molecule has 1 aliphatic carbocycles. The van der Waals surface area contributed by atoms with E-state index in [1.807, 2.05) is 42.5 Å². The predicted octanol–water partition coefficient (Wildman–Crippen LogP) is 3.24. The van der Waals surface area contributed by atoms with E-state index in [4.69, 9.17) is 9.47 Å². The van der Waals surface area contributed by atoms with Crippen LogP contribution in [0.5, 0.6) is 5.75 Å². The highest BCUT2D eigenvalue weighted by Crippen LogP contribution is 2.47. The van der Waals surface area contributed by atoms with Crippen molar-refractivity contribution in [1.29, 1.82) is 0 Å². The van der Waals surface area contributed by atoms with Gasteiger partial charge in [-0.05, 0) is 55.5 Å². The number of ether oxygens (including phenoxy) is 2. The number of aliphatic hydroxyl groups is 1. The highest BCUT2D eigenvalue weighted by molar-refractivity contribution is 5.99. The van der Waals surface area contributed by atoms with Crippen LogP contribution >= 0.6 is 0 Å². The van der Waals surface area contributed by atoms with Gasteiger partial charge in [-0.25, -0.2) is 4.79 Å². The predicted molar refractivity (Wildman–Crippen MR) is 123 cm³/mol. The highest BCUT2D eigenvalue weighted by atomic mass is 16.6. The first-order valence-electron chi connectivity index (χ1n) is 11.6. The van der Waals surface area contributed by atoms with Crippen LogP contribution in [0, 0.1) is 5.92 Å². The Labute approximate surface area is 192 Å². The van der Waals surface area contributed by atoms with E-state index in [1.54, 1.807) is 6.07 Å². The molecule has 8 heteroatoms. The van der Waals surface area contributed by atoms with Crippen molar-refractivity contribution in [2.75, 3.05) is 23.8 Å². The smallest absolute Gasteiger partial charge is 0.323 e. The number of fused-ring (bicyclic) bond motifs is 3. The van der Waals surface area contributed by atoms with Gasteiger partial charge in [0.15, 0.2) is 0 Å². The zero-order chi connectivity index (χ0) is 22.8. The Morgan fingerprint density at radius 3 is 2.58 bits per heavy atom. The fourth-order valence-electron chi connectivity index (χ4n) is 4.64. The van der Waals surface area contributed by atoms with E-state index in [1.165, 1.54) is 12.8 Å². The number of carbonyl (C=O) groups is 2. The maximum Gasteiger partial charge on any atom is 0.323 e. The van der Waals surface area contributed by atoms with Crippen LogP contribution in [0.3, 0.4) is 0 Å².